The van der Waals surface area contributed by atoms with Crippen molar-refractivity contribution in [1.29, 1.82) is 0 Å². The summed E-state index contributed by atoms with van der Waals surface area (Å²) in [5.41, 5.74) is 0. The minimum atomic E-state index is 0.324. The van der Waals surface area contributed by atoms with Gasteiger partial charge in [-0.1, -0.05) is 51.9 Å². The van der Waals surface area contributed by atoms with Crippen LogP contribution < -0.4 is 0 Å². The van der Waals surface area contributed by atoms with Crippen LogP contribution in [-0.4, -0.2) is 30.2 Å². The second kappa shape index (κ2) is 9.67. The molecule has 0 amide bonds. The summed E-state index contributed by atoms with van der Waals surface area (Å²) in [6.45, 7) is 3.93. The van der Waals surface area contributed by atoms with Gasteiger partial charge in [0.1, 0.15) is 5.78 Å². The lowest BCUT2D eigenvalue weighted by molar-refractivity contribution is -0.117. The quantitative estimate of drug-likeness (QED) is 0.341. The maximum atomic E-state index is 10.8. The molecule has 2 aliphatic heterocycles. The van der Waals surface area contributed by atoms with E-state index in [1.807, 2.05) is 0 Å². The molecule has 2 heterocycles. The predicted molar refractivity (Wildman–Crippen MR) is 89.1 cm³/mol. The Labute approximate surface area is 136 Å². The Hall–Kier alpha value is -0.410. The molecule has 3 heteroatoms. The fraction of sp³-hybridized carbons (Fsp3) is 0.947. The minimum absolute atomic E-state index is 0.324. The van der Waals surface area contributed by atoms with Crippen LogP contribution in [0, 0.1) is 0 Å². The molecule has 2 fully saturated rings. The number of rotatable bonds is 14. The van der Waals surface area contributed by atoms with Crippen LogP contribution in [0.1, 0.15) is 90.9 Å². The first-order chi connectivity index (χ1) is 10.7. The molecule has 2 saturated heterocycles. The topological polar surface area (TPSA) is 42.1 Å². The van der Waals surface area contributed by atoms with Crippen molar-refractivity contribution in [3.8, 4) is 0 Å². The molecular weight excluding hydrogens is 276 g/mol. The number of epoxide rings is 2. The molecular formula is C19H34O3. The van der Waals surface area contributed by atoms with E-state index in [9.17, 15) is 4.79 Å². The Morgan fingerprint density at radius 1 is 0.773 bits per heavy atom. The number of ether oxygens (including phenoxy) is 2. The van der Waals surface area contributed by atoms with E-state index in [4.69, 9.17) is 9.47 Å². The van der Waals surface area contributed by atoms with Crippen LogP contribution in [-0.2, 0) is 14.3 Å². The Morgan fingerprint density at radius 2 is 1.32 bits per heavy atom. The van der Waals surface area contributed by atoms with Gasteiger partial charge < -0.3 is 14.3 Å². The Bertz CT molecular complexity index is 329. The van der Waals surface area contributed by atoms with Gasteiger partial charge in [-0.25, -0.2) is 0 Å². The van der Waals surface area contributed by atoms with Gasteiger partial charge in [-0.3, -0.25) is 0 Å². The lowest BCUT2D eigenvalue weighted by Gasteiger charge is -1.99. The molecule has 128 valence electrons. The van der Waals surface area contributed by atoms with E-state index >= 15 is 0 Å². The highest BCUT2D eigenvalue weighted by Gasteiger charge is 2.47. The van der Waals surface area contributed by atoms with Crippen LogP contribution >= 0.6 is 0 Å². The van der Waals surface area contributed by atoms with E-state index in [1.165, 1.54) is 57.8 Å². The van der Waals surface area contributed by atoms with E-state index in [1.54, 1.807) is 6.92 Å². The third-order valence-corrected chi connectivity index (χ3v) is 4.95. The highest BCUT2D eigenvalue weighted by Crippen LogP contribution is 2.39. The number of carbonyl (C=O) groups is 1. The lowest BCUT2D eigenvalue weighted by atomic mass is 10.0. The van der Waals surface area contributed by atoms with Crippen LogP contribution in [0.25, 0.3) is 0 Å². The van der Waals surface area contributed by atoms with Crippen LogP contribution in [0.2, 0.25) is 0 Å². The highest BCUT2D eigenvalue weighted by molar-refractivity contribution is 5.75. The molecule has 4 unspecified atom stereocenters. The maximum absolute atomic E-state index is 10.8. The molecule has 0 radical (unpaired) electrons. The number of carbonyl (C=O) groups excluding carboxylic acids is 1. The summed E-state index contributed by atoms with van der Waals surface area (Å²) in [6, 6.07) is 0. The van der Waals surface area contributed by atoms with Crippen LogP contribution in [0.15, 0.2) is 0 Å². The summed E-state index contributed by atoms with van der Waals surface area (Å²) in [5.74, 6) is 0.324. The zero-order valence-electron chi connectivity index (χ0n) is 14.5. The fourth-order valence-corrected chi connectivity index (χ4v) is 3.36. The van der Waals surface area contributed by atoms with Crippen molar-refractivity contribution in [2.24, 2.45) is 0 Å². The summed E-state index contributed by atoms with van der Waals surface area (Å²) in [5, 5.41) is 0. The number of ketones is 1. The van der Waals surface area contributed by atoms with Crippen LogP contribution in [0.5, 0.6) is 0 Å². The Balaban J connectivity index is 1.36. The lowest BCUT2D eigenvalue weighted by Crippen LogP contribution is -2.02. The molecule has 0 bridgehead atoms. The average molecular weight is 310 g/mol. The number of hydrogen-bond donors (Lipinski definition) is 0. The molecule has 0 aromatic rings. The normalized spacial score (nSPS) is 29.5. The second-order valence-electron chi connectivity index (χ2n) is 7.17. The van der Waals surface area contributed by atoms with E-state index in [2.05, 4.69) is 6.92 Å². The molecule has 0 aliphatic carbocycles. The first-order valence-electron chi connectivity index (χ1n) is 9.51. The monoisotopic (exact) mass is 310 g/mol. The molecule has 2 rings (SSSR count). The summed E-state index contributed by atoms with van der Waals surface area (Å²) in [7, 11) is 0. The minimum Gasteiger partial charge on any atom is -0.369 e. The predicted octanol–water partition coefficient (Wildman–Crippen LogP) is 4.81. The van der Waals surface area contributed by atoms with Gasteiger partial charge in [0.05, 0.1) is 24.4 Å². The van der Waals surface area contributed by atoms with Gasteiger partial charge in [0, 0.05) is 12.8 Å². The van der Waals surface area contributed by atoms with Crippen molar-refractivity contribution < 1.29 is 14.3 Å². The van der Waals surface area contributed by atoms with Crippen molar-refractivity contribution in [1.82, 2.24) is 0 Å². The zero-order chi connectivity index (χ0) is 15.8. The summed E-state index contributed by atoms with van der Waals surface area (Å²) < 4.78 is 11.5. The maximum Gasteiger partial charge on any atom is 0.129 e. The van der Waals surface area contributed by atoms with Crippen LogP contribution in [0.3, 0.4) is 0 Å². The summed E-state index contributed by atoms with van der Waals surface area (Å²) >= 11 is 0. The number of hydrogen-bond acceptors (Lipinski definition) is 3. The molecule has 0 aromatic heterocycles. The third kappa shape index (κ3) is 7.23. The smallest absolute Gasteiger partial charge is 0.129 e. The van der Waals surface area contributed by atoms with E-state index in [0.717, 1.165) is 19.3 Å². The van der Waals surface area contributed by atoms with E-state index in [0.29, 0.717) is 30.2 Å². The zero-order valence-corrected chi connectivity index (χ0v) is 14.5. The van der Waals surface area contributed by atoms with Crippen molar-refractivity contribution in [3.05, 3.63) is 0 Å². The van der Waals surface area contributed by atoms with Gasteiger partial charge >= 0.3 is 0 Å². The third-order valence-electron chi connectivity index (χ3n) is 4.95. The molecule has 0 N–H and O–H groups in total. The van der Waals surface area contributed by atoms with Gasteiger partial charge in [-0.15, -0.1) is 0 Å². The van der Waals surface area contributed by atoms with Gasteiger partial charge in [0.15, 0.2) is 0 Å². The first kappa shape index (κ1) is 17.9. The van der Waals surface area contributed by atoms with Crippen LogP contribution in [0.4, 0.5) is 0 Å². The van der Waals surface area contributed by atoms with Crippen molar-refractivity contribution in [3.63, 3.8) is 0 Å². The number of Topliss-reactive ketones (excluding diaryl/α,β-unsaturated/α-hetero) is 1. The Kier molecular flexibility index (Phi) is 7.88. The summed E-state index contributed by atoms with van der Waals surface area (Å²) in [6.07, 6.45) is 16.4. The second-order valence-corrected chi connectivity index (χ2v) is 7.17. The van der Waals surface area contributed by atoms with Gasteiger partial charge in [-0.2, -0.15) is 0 Å². The first-order valence-corrected chi connectivity index (χ1v) is 9.51. The van der Waals surface area contributed by atoms with E-state index < -0.39 is 0 Å². The average Bonchev–Trinajstić information content (AvgIpc) is 3.38. The standard InChI is InChI=1S/C19H34O3/c1-3-4-8-12-16-18(21-16)14-19-17(22-19)13-10-7-5-6-9-11-15(2)20/h16-19H,3-14H2,1-2H3. The molecule has 2 aliphatic rings. The highest BCUT2D eigenvalue weighted by atomic mass is 16.6. The SMILES string of the molecule is CCCCCC1OC1CC1OC1CCCCCCCC(C)=O. The number of unbranched alkanes of at least 4 members (excludes halogenated alkanes) is 6. The fourth-order valence-electron chi connectivity index (χ4n) is 3.36. The molecule has 22 heavy (non-hydrogen) atoms. The molecule has 0 spiro atoms. The van der Waals surface area contributed by atoms with Gasteiger partial charge in [0.2, 0.25) is 0 Å². The van der Waals surface area contributed by atoms with Crippen molar-refractivity contribution in [2.75, 3.05) is 0 Å². The molecule has 3 nitrogen and oxygen atoms in total. The largest absolute Gasteiger partial charge is 0.369 e. The van der Waals surface area contributed by atoms with Crippen molar-refractivity contribution in [2.45, 2.75) is 115 Å². The Morgan fingerprint density at radius 3 is 1.91 bits per heavy atom. The van der Waals surface area contributed by atoms with Gasteiger partial charge in [-0.05, 0) is 26.2 Å². The molecule has 4 atom stereocenters. The molecule has 0 aromatic carbocycles. The van der Waals surface area contributed by atoms with Gasteiger partial charge in [0.25, 0.3) is 0 Å². The molecule has 0 saturated carbocycles. The van der Waals surface area contributed by atoms with E-state index in [-0.39, 0.29) is 0 Å². The summed E-state index contributed by atoms with van der Waals surface area (Å²) in [4.78, 5) is 10.8. The van der Waals surface area contributed by atoms with Crippen molar-refractivity contribution >= 4 is 5.78 Å².